The van der Waals surface area contributed by atoms with Gasteiger partial charge in [0.15, 0.2) is 5.79 Å². The van der Waals surface area contributed by atoms with Gasteiger partial charge in [-0.25, -0.2) is 0 Å². The minimum absolute atomic E-state index is 0.0617. The van der Waals surface area contributed by atoms with Gasteiger partial charge in [0, 0.05) is 19.4 Å². The second kappa shape index (κ2) is 5.69. The molecule has 1 heterocycles. The molecule has 0 spiro atoms. The fourth-order valence-corrected chi connectivity index (χ4v) is 1.93. The highest BCUT2D eigenvalue weighted by Crippen LogP contribution is 2.24. The SMILES string of the molecule is CCCCCC(O)(O)CC1CCCO1. The molecule has 0 amide bonds. The van der Waals surface area contributed by atoms with Gasteiger partial charge in [0.1, 0.15) is 0 Å². The summed E-state index contributed by atoms with van der Waals surface area (Å²) >= 11 is 0. The van der Waals surface area contributed by atoms with Gasteiger partial charge in [-0.2, -0.15) is 0 Å². The fraction of sp³-hybridized carbons (Fsp3) is 1.00. The van der Waals surface area contributed by atoms with E-state index in [2.05, 4.69) is 6.92 Å². The van der Waals surface area contributed by atoms with Crippen LogP contribution in [0.5, 0.6) is 0 Å². The predicted molar refractivity (Wildman–Crippen MR) is 54.9 cm³/mol. The first-order valence-corrected chi connectivity index (χ1v) is 5.70. The van der Waals surface area contributed by atoms with E-state index >= 15 is 0 Å². The molecule has 0 aliphatic carbocycles. The van der Waals surface area contributed by atoms with Crippen molar-refractivity contribution in [2.45, 2.75) is 63.8 Å². The van der Waals surface area contributed by atoms with Crippen LogP contribution in [0.15, 0.2) is 0 Å². The van der Waals surface area contributed by atoms with Crippen molar-refractivity contribution in [2.24, 2.45) is 0 Å². The van der Waals surface area contributed by atoms with E-state index < -0.39 is 5.79 Å². The molecule has 2 N–H and O–H groups in total. The second-order valence-electron chi connectivity index (χ2n) is 4.28. The molecule has 1 aliphatic rings. The number of aliphatic hydroxyl groups is 2. The molecule has 0 aromatic heterocycles. The molecule has 1 fully saturated rings. The van der Waals surface area contributed by atoms with Crippen LogP contribution in [0.1, 0.15) is 51.9 Å². The Hall–Kier alpha value is -0.120. The third-order valence-corrected chi connectivity index (χ3v) is 2.76. The van der Waals surface area contributed by atoms with Crippen molar-refractivity contribution in [3.8, 4) is 0 Å². The zero-order chi connectivity index (χ0) is 10.4. The van der Waals surface area contributed by atoms with Crippen molar-refractivity contribution in [3.63, 3.8) is 0 Å². The number of hydrogen-bond acceptors (Lipinski definition) is 3. The molecule has 1 aliphatic heterocycles. The lowest BCUT2D eigenvalue weighted by Crippen LogP contribution is -2.32. The number of unbranched alkanes of at least 4 members (excludes halogenated alkanes) is 2. The topological polar surface area (TPSA) is 49.7 Å². The van der Waals surface area contributed by atoms with Gasteiger partial charge in [-0.1, -0.05) is 19.8 Å². The van der Waals surface area contributed by atoms with E-state index in [0.29, 0.717) is 12.8 Å². The Morgan fingerprint density at radius 2 is 2.14 bits per heavy atom. The summed E-state index contributed by atoms with van der Waals surface area (Å²) in [6.45, 7) is 2.88. The van der Waals surface area contributed by atoms with Crippen LogP contribution in [-0.2, 0) is 4.74 Å². The van der Waals surface area contributed by atoms with Crippen molar-refractivity contribution < 1.29 is 14.9 Å². The molecule has 0 bridgehead atoms. The van der Waals surface area contributed by atoms with E-state index in [1.54, 1.807) is 0 Å². The summed E-state index contributed by atoms with van der Waals surface area (Å²) in [7, 11) is 0. The molecule has 84 valence electrons. The molecular formula is C11H22O3. The first-order valence-electron chi connectivity index (χ1n) is 5.70. The third-order valence-electron chi connectivity index (χ3n) is 2.76. The van der Waals surface area contributed by atoms with Gasteiger partial charge in [0.25, 0.3) is 0 Å². The van der Waals surface area contributed by atoms with Gasteiger partial charge in [0.05, 0.1) is 6.10 Å². The lowest BCUT2D eigenvalue weighted by Gasteiger charge is -2.24. The smallest absolute Gasteiger partial charge is 0.164 e. The van der Waals surface area contributed by atoms with Gasteiger partial charge in [0.2, 0.25) is 0 Å². The van der Waals surface area contributed by atoms with Crippen LogP contribution >= 0.6 is 0 Å². The van der Waals surface area contributed by atoms with Gasteiger partial charge in [-0.3, -0.25) is 0 Å². The average Bonchev–Trinajstić information content (AvgIpc) is 2.56. The van der Waals surface area contributed by atoms with Crippen LogP contribution in [0.4, 0.5) is 0 Å². The van der Waals surface area contributed by atoms with Crippen LogP contribution < -0.4 is 0 Å². The van der Waals surface area contributed by atoms with Crippen molar-refractivity contribution in [1.82, 2.24) is 0 Å². The molecule has 1 unspecified atom stereocenters. The lowest BCUT2D eigenvalue weighted by molar-refractivity contribution is -0.186. The first kappa shape index (κ1) is 12.0. The molecule has 0 aromatic rings. The molecule has 14 heavy (non-hydrogen) atoms. The molecule has 3 nitrogen and oxygen atoms in total. The molecular weight excluding hydrogens is 180 g/mol. The molecule has 0 radical (unpaired) electrons. The summed E-state index contributed by atoms with van der Waals surface area (Å²) in [5.41, 5.74) is 0. The first-order chi connectivity index (χ1) is 6.64. The zero-order valence-corrected chi connectivity index (χ0v) is 9.04. The minimum Gasteiger partial charge on any atom is -0.378 e. The Kier molecular flexibility index (Phi) is 4.85. The zero-order valence-electron chi connectivity index (χ0n) is 9.04. The summed E-state index contributed by atoms with van der Waals surface area (Å²) < 4.78 is 5.38. The van der Waals surface area contributed by atoms with Crippen molar-refractivity contribution in [1.29, 1.82) is 0 Å². The van der Waals surface area contributed by atoms with E-state index in [1.165, 1.54) is 0 Å². The number of rotatable bonds is 6. The van der Waals surface area contributed by atoms with Crippen LogP contribution in [0.3, 0.4) is 0 Å². The van der Waals surface area contributed by atoms with E-state index in [1.807, 2.05) is 0 Å². The Labute approximate surface area is 86.1 Å². The predicted octanol–water partition coefficient (Wildman–Crippen LogP) is 1.82. The summed E-state index contributed by atoms with van der Waals surface area (Å²) in [6.07, 6.45) is 5.98. The fourth-order valence-electron chi connectivity index (χ4n) is 1.93. The number of ether oxygens (including phenoxy) is 1. The highest BCUT2D eigenvalue weighted by molar-refractivity contribution is 4.74. The molecule has 1 atom stereocenters. The van der Waals surface area contributed by atoms with Crippen LogP contribution in [0.2, 0.25) is 0 Å². The maximum absolute atomic E-state index is 9.68. The molecule has 0 aromatic carbocycles. The molecule has 0 saturated carbocycles. The quantitative estimate of drug-likeness (QED) is 0.510. The average molecular weight is 202 g/mol. The lowest BCUT2D eigenvalue weighted by atomic mass is 10.00. The van der Waals surface area contributed by atoms with E-state index in [4.69, 9.17) is 4.74 Å². The van der Waals surface area contributed by atoms with E-state index in [0.717, 1.165) is 38.7 Å². The Morgan fingerprint density at radius 3 is 2.71 bits per heavy atom. The van der Waals surface area contributed by atoms with E-state index in [9.17, 15) is 10.2 Å². The van der Waals surface area contributed by atoms with Gasteiger partial charge < -0.3 is 14.9 Å². The Balaban J connectivity index is 2.18. The summed E-state index contributed by atoms with van der Waals surface area (Å²) in [6, 6.07) is 0. The largest absolute Gasteiger partial charge is 0.378 e. The van der Waals surface area contributed by atoms with Crippen molar-refractivity contribution in [3.05, 3.63) is 0 Å². The monoisotopic (exact) mass is 202 g/mol. The van der Waals surface area contributed by atoms with Crippen LogP contribution in [-0.4, -0.2) is 28.7 Å². The maximum atomic E-state index is 9.68. The van der Waals surface area contributed by atoms with Crippen molar-refractivity contribution >= 4 is 0 Å². The molecule has 3 heteroatoms. The highest BCUT2D eigenvalue weighted by Gasteiger charge is 2.29. The van der Waals surface area contributed by atoms with Gasteiger partial charge in [-0.05, 0) is 19.3 Å². The third kappa shape index (κ3) is 4.40. The Bertz CT molecular complexity index is 151. The van der Waals surface area contributed by atoms with Crippen LogP contribution in [0.25, 0.3) is 0 Å². The Morgan fingerprint density at radius 1 is 1.36 bits per heavy atom. The van der Waals surface area contributed by atoms with E-state index in [-0.39, 0.29) is 6.10 Å². The second-order valence-corrected chi connectivity index (χ2v) is 4.28. The molecule has 1 rings (SSSR count). The normalized spacial score (nSPS) is 22.9. The summed E-state index contributed by atoms with van der Waals surface area (Å²) in [5, 5.41) is 19.4. The van der Waals surface area contributed by atoms with Crippen LogP contribution in [0, 0.1) is 0 Å². The van der Waals surface area contributed by atoms with Crippen molar-refractivity contribution in [2.75, 3.05) is 6.61 Å². The van der Waals surface area contributed by atoms with Gasteiger partial charge in [-0.15, -0.1) is 0 Å². The number of hydrogen-bond donors (Lipinski definition) is 2. The highest BCUT2D eigenvalue weighted by atomic mass is 16.5. The summed E-state index contributed by atoms with van der Waals surface area (Å²) in [5.74, 6) is -1.51. The standard InChI is InChI=1S/C11H22O3/c1-2-3-4-7-11(12,13)9-10-6-5-8-14-10/h10,12-13H,2-9H2,1H3. The molecule has 1 saturated heterocycles. The minimum atomic E-state index is -1.51. The van der Waals surface area contributed by atoms with Gasteiger partial charge >= 0.3 is 0 Å². The summed E-state index contributed by atoms with van der Waals surface area (Å²) in [4.78, 5) is 0. The maximum Gasteiger partial charge on any atom is 0.164 e.